The van der Waals surface area contributed by atoms with Crippen LogP contribution in [0.25, 0.3) is 0 Å². The molecular formula is C24H28N2O7. The summed E-state index contributed by atoms with van der Waals surface area (Å²) in [6, 6.07) is 9.80. The molecule has 176 valence electrons. The standard InChI is InChI=1S/C24H28N2O7/c1-14(26-23(28)20-22(32-16(3)27)19(30-4)12-13-25-20)24(29)33-21(17-10-11-17)15(2)31-18-8-6-5-7-9-18/h5-9,12-15,17,21H,10-11H2,1-4H3,(H,26,28)/t14-,15-,21?/m0/s1. The minimum atomic E-state index is -0.971. The molecule has 9 nitrogen and oxygen atoms in total. The molecule has 1 aliphatic rings. The molecule has 0 saturated heterocycles. The van der Waals surface area contributed by atoms with E-state index in [2.05, 4.69) is 10.3 Å². The van der Waals surface area contributed by atoms with Crippen LogP contribution in [0.3, 0.4) is 0 Å². The van der Waals surface area contributed by atoms with Crippen LogP contribution in [0.4, 0.5) is 0 Å². The molecule has 0 bridgehead atoms. The van der Waals surface area contributed by atoms with E-state index in [4.69, 9.17) is 18.9 Å². The normalized spacial score (nSPS) is 15.5. The first-order chi connectivity index (χ1) is 15.8. The highest BCUT2D eigenvalue weighted by Gasteiger charge is 2.40. The maximum atomic E-state index is 12.8. The van der Waals surface area contributed by atoms with Gasteiger partial charge in [-0.1, -0.05) is 18.2 Å². The molecule has 2 aromatic rings. The van der Waals surface area contributed by atoms with Gasteiger partial charge in [0.2, 0.25) is 5.75 Å². The van der Waals surface area contributed by atoms with E-state index in [0.29, 0.717) is 5.75 Å². The van der Waals surface area contributed by atoms with Gasteiger partial charge in [-0.05, 0) is 44.7 Å². The van der Waals surface area contributed by atoms with Crippen LogP contribution >= 0.6 is 0 Å². The van der Waals surface area contributed by atoms with Gasteiger partial charge in [0, 0.05) is 19.2 Å². The summed E-state index contributed by atoms with van der Waals surface area (Å²) in [5.41, 5.74) is -0.177. The smallest absolute Gasteiger partial charge is 0.328 e. The second-order valence-electron chi connectivity index (χ2n) is 7.85. The summed E-state index contributed by atoms with van der Waals surface area (Å²) in [6.45, 7) is 4.57. The van der Waals surface area contributed by atoms with Crippen LogP contribution in [0.15, 0.2) is 42.6 Å². The summed E-state index contributed by atoms with van der Waals surface area (Å²) in [5, 5.41) is 2.55. The Bertz CT molecular complexity index is 992. The quantitative estimate of drug-likeness (QED) is 0.543. The molecule has 9 heteroatoms. The summed E-state index contributed by atoms with van der Waals surface area (Å²) >= 11 is 0. The zero-order valence-corrected chi connectivity index (χ0v) is 19.1. The second-order valence-corrected chi connectivity index (χ2v) is 7.85. The number of aromatic nitrogens is 1. The van der Waals surface area contributed by atoms with Crippen LogP contribution < -0.4 is 19.5 Å². The highest BCUT2D eigenvalue weighted by Crippen LogP contribution is 2.37. The molecule has 1 unspecified atom stereocenters. The largest absolute Gasteiger partial charge is 0.493 e. The van der Waals surface area contributed by atoms with Crippen molar-refractivity contribution in [2.45, 2.75) is 51.9 Å². The lowest BCUT2D eigenvalue weighted by Crippen LogP contribution is -2.44. The molecule has 0 aliphatic heterocycles. The first-order valence-corrected chi connectivity index (χ1v) is 10.7. The third kappa shape index (κ3) is 6.44. The second kappa shape index (κ2) is 10.8. The lowest BCUT2D eigenvalue weighted by atomic mass is 10.1. The van der Waals surface area contributed by atoms with Crippen LogP contribution in [0.2, 0.25) is 0 Å². The number of pyridine rings is 1. The number of esters is 2. The molecule has 0 spiro atoms. The van der Waals surface area contributed by atoms with Crippen molar-refractivity contribution in [3.8, 4) is 17.2 Å². The van der Waals surface area contributed by atoms with Crippen molar-refractivity contribution < 1.29 is 33.3 Å². The van der Waals surface area contributed by atoms with Gasteiger partial charge in [-0.15, -0.1) is 0 Å². The predicted molar refractivity (Wildman–Crippen MR) is 118 cm³/mol. The fourth-order valence-electron chi connectivity index (χ4n) is 3.34. The van der Waals surface area contributed by atoms with Crippen molar-refractivity contribution in [2.75, 3.05) is 7.11 Å². The van der Waals surface area contributed by atoms with E-state index in [1.807, 2.05) is 37.3 Å². The van der Waals surface area contributed by atoms with Crippen molar-refractivity contribution in [1.29, 1.82) is 0 Å². The molecule has 1 aromatic carbocycles. The number of carbonyl (C=O) groups excluding carboxylic acids is 3. The number of nitrogens with zero attached hydrogens (tertiary/aromatic N) is 1. The SMILES string of the molecule is COc1ccnc(C(=O)N[C@@H](C)C(=O)OC(C2CC2)[C@H](C)Oc2ccccc2)c1OC(C)=O. The van der Waals surface area contributed by atoms with Gasteiger partial charge in [-0.3, -0.25) is 9.59 Å². The molecule has 33 heavy (non-hydrogen) atoms. The van der Waals surface area contributed by atoms with Crippen LogP contribution in [0.1, 0.15) is 44.1 Å². The summed E-state index contributed by atoms with van der Waals surface area (Å²) in [6.07, 6.45) is 2.43. The zero-order chi connectivity index (χ0) is 24.0. The Morgan fingerprint density at radius 3 is 2.39 bits per heavy atom. The van der Waals surface area contributed by atoms with Crippen LogP contribution in [0.5, 0.6) is 17.2 Å². The lowest BCUT2D eigenvalue weighted by Gasteiger charge is -2.26. The third-order valence-corrected chi connectivity index (χ3v) is 5.12. The number of benzene rings is 1. The molecule has 1 N–H and O–H groups in total. The summed E-state index contributed by atoms with van der Waals surface area (Å²) in [4.78, 5) is 41.0. The fourth-order valence-corrected chi connectivity index (χ4v) is 3.34. The third-order valence-electron chi connectivity index (χ3n) is 5.12. The Morgan fingerprint density at radius 2 is 1.79 bits per heavy atom. The van der Waals surface area contributed by atoms with Gasteiger partial charge in [0.25, 0.3) is 5.91 Å². The van der Waals surface area contributed by atoms with Crippen molar-refractivity contribution in [1.82, 2.24) is 10.3 Å². The molecular weight excluding hydrogens is 428 g/mol. The Balaban J connectivity index is 1.66. The van der Waals surface area contributed by atoms with Gasteiger partial charge in [0.15, 0.2) is 11.4 Å². The molecule has 1 amide bonds. The van der Waals surface area contributed by atoms with Crippen molar-refractivity contribution in [2.24, 2.45) is 5.92 Å². The summed E-state index contributed by atoms with van der Waals surface area (Å²) < 4.78 is 21.9. The highest BCUT2D eigenvalue weighted by molar-refractivity contribution is 5.98. The van der Waals surface area contributed by atoms with E-state index in [9.17, 15) is 14.4 Å². The van der Waals surface area contributed by atoms with Crippen molar-refractivity contribution >= 4 is 17.8 Å². The number of nitrogens with one attached hydrogen (secondary N) is 1. The maximum absolute atomic E-state index is 12.8. The van der Waals surface area contributed by atoms with Crippen molar-refractivity contribution in [3.63, 3.8) is 0 Å². The van der Waals surface area contributed by atoms with E-state index in [1.54, 1.807) is 0 Å². The van der Waals surface area contributed by atoms with Gasteiger partial charge >= 0.3 is 11.9 Å². The monoisotopic (exact) mass is 456 g/mol. The average molecular weight is 456 g/mol. The summed E-state index contributed by atoms with van der Waals surface area (Å²) in [7, 11) is 1.38. The van der Waals surface area contributed by atoms with Crippen LogP contribution in [-0.2, 0) is 14.3 Å². The average Bonchev–Trinajstić information content (AvgIpc) is 3.62. The molecule has 1 saturated carbocycles. The number of ether oxygens (including phenoxy) is 4. The van der Waals surface area contributed by atoms with E-state index in [0.717, 1.165) is 12.8 Å². The highest BCUT2D eigenvalue weighted by atomic mass is 16.6. The van der Waals surface area contributed by atoms with E-state index in [-0.39, 0.29) is 29.2 Å². The Labute approximate surface area is 192 Å². The Hall–Kier alpha value is -3.62. The van der Waals surface area contributed by atoms with Crippen LogP contribution in [0, 0.1) is 5.92 Å². The lowest BCUT2D eigenvalue weighted by molar-refractivity contribution is -0.157. The molecule has 3 atom stereocenters. The first kappa shape index (κ1) is 24.0. The molecule has 3 rings (SSSR count). The summed E-state index contributed by atoms with van der Waals surface area (Å²) in [5.74, 6) is -0.983. The van der Waals surface area contributed by atoms with Gasteiger partial charge in [0.05, 0.1) is 7.11 Å². The maximum Gasteiger partial charge on any atom is 0.328 e. The first-order valence-electron chi connectivity index (χ1n) is 10.7. The topological polar surface area (TPSA) is 113 Å². The van der Waals surface area contributed by atoms with Gasteiger partial charge < -0.3 is 24.3 Å². The number of carbonyl (C=O) groups is 3. The minimum Gasteiger partial charge on any atom is -0.493 e. The van der Waals surface area contributed by atoms with Crippen LogP contribution in [-0.4, -0.2) is 48.2 Å². The molecule has 1 aromatic heterocycles. The van der Waals surface area contributed by atoms with E-state index < -0.39 is 30.0 Å². The number of hydrogen-bond donors (Lipinski definition) is 1. The Kier molecular flexibility index (Phi) is 7.87. The van der Waals surface area contributed by atoms with Crippen molar-refractivity contribution in [3.05, 3.63) is 48.3 Å². The molecule has 0 radical (unpaired) electrons. The fraction of sp³-hybridized carbons (Fsp3) is 0.417. The molecule has 1 heterocycles. The van der Waals surface area contributed by atoms with E-state index in [1.165, 1.54) is 33.2 Å². The van der Waals surface area contributed by atoms with Gasteiger partial charge in [0.1, 0.15) is 24.0 Å². The molecule has 1 aliphatic carbocycles. The predicted octanol–water partition coefficient (Wildman–Crippen LogP) is 2.92. The van der Waals surface area contributed by atoms with E-state index >= 15 is 0 Å². The van der Waals surface area contributed by atoms with Gasteiger partial charge in [-0.2, -0.15) is 0 Å². The number of rotatable bonds is 10. The Morgan fingerprint density at radius 1 is 1.09 bits per heavy atom. The number of methoxy groups -OCH3 is 1. The zero-order valence-electron chi connectivity index (χ0n) is 19.1. The number of para-hydroxylation sites is 1. The van der Waals surface area contributed by atoms with Gasteiger partial charge in [-0.25, -0.2) is 9.78 Å². The number of hydrogen-bond acceptors (Lipinski definition) is 8. The molecule has 1 fully saturated rings. The number of amides is 1. The minimum absolute atomic E-state index is 0.119.